The molecule has 0 saturated carbocycles. The minimum Gasteiger partial charge on any atom is -0.228 e. The second-order valence-electron chi connectivity index (χ2n) is 8.29. The van der Waals surface area contributed by atoms with Crippen molar-refractivity contribution >= 4 is 53.6 Å². The average molecular weight is 471 g/mol. The fraction of sp³-hybridized carbons (Fsp3) is 0. The van der Waals surface area contributed by atoms with Crippen molar-refractivity contribution < 1.29 is 0 Å². The molecular formula is C30H18N2S2. The number of benzene rings is 4. The van der Waals surface area contributed by atoms with Gasteiger partial charge < -0.3 is 0 Å². The summed E-state index contributed by atoms with van der Waals surface area (Å²) in [6.45, 7) is 0. The summed E-state index contributed by atoms with van der Waals surface area (Å²) in [7, 11) is 0. The molecule has 4 aromatic carbocycles. The molecule has 0 amide bonds. The fourth-order valence-corrected chi connectivity index (χ4v) is 6.58. The predicted octanol–water partition coefficient (Wildman–Crippen LogP) is 9.06. The third-order valence-electron chi connectivity index (χ3n) is 6.18. The molecule has 0 unspecified atom stereocenters. The molecule has 3 heterocycles. The summed E-state index contributed by atoms with van der Waals surface area (Å²) < 4.78 is 2.66. The van der Waals surface area contributed by atoms with Crippen LogP contribution in [0.3, 0.4) is 0 Å². The Kier molecular flexibility index (Phi) is 4.54. The summed E-state index contributed by atoms with van der Waals surface area (Å²) in [6, 6.07) is 36.1. The smallest absolute Gasteiger partial charge is 0.160 e. The molecule has 0 radical (unpaired) electrons. The van der Waals surface area contributed by atoms with Gasteiger partial charge in [-0.25, -0.2) is 9.97 Å². The number of rotatable bonds is 3. The van der Waals surface area contributed by atoms with Crippen LogP contribution in [0, 0.1) is 0 Å². The SMILES string of the molecule is c1ccc(-c2cc(-c3cc4ccc5c(ccc6ccsc65)c4s3)nc(-c3ccccc3)n2)cc1. The van der Waals surface area contributed by atoms with E-state index in [4.69, 9.17) is 9.97 Å². The summed E-state index contributed by atoms with van der Waals surface area (Å²) in [6.07, 6.45) is 0. The lowest BCUT2D eigenvalue weighted by Gasteiger charge is -2.08. The van der Waals surface area contributed by atoms with Crippen LogP contribution >= 0.6 is 22.7 Å². The number of hydrogen-bond donors (Lipinski definition) is 0. The third-order valence-corrected chi connectivity index (χ3v) is 8.35. The Morgan fingerprint density at radius 1 is 0.529 bits per heavy atom. The van der Waals surface area contributed by atoms with Gasteiger partial charge in [-0.15, -0.1) is 22.7 Å². The molecule has 3 aromatic heterocycles. The quantitative estimate of drug-likeness (QED) is 0.257. The molecule has 0 atom stereocenters. The van der Waals surface area contributed by atoms with Crippen LogP contribution in [0.15, 0.2) is 109 Å². The highest BCUT2D eigenvalue weighted by atomic mass is 32.1. The number of hydrogen-bond acceptors (Lipinski definition) is 4. The van der Waals surface area contributed by atoms with Crippen LogP contribution in [0.1, 0.15) is 0 Å². The molecule has 7 aromatic rings. The summed E-state index contributed by atoms with van der Waals surface area (Å²) in [5.74, 6) is 0.750. The van der Waals surface area contributed by atoms with Crippen molar-refractivity contribution in [3.63, 3.8) is 0 Å². The first-order chi connectivity index (χ1) is 16.8. The Hall–Kier alpha value is -3.86. The normalized spacial score (nSPS) is 11.5. The fourth-order valence-electron chi connectivity index (χ4n) is 4.50. The van der Waals surface area contributed by atoms with Gasteiger partial charge >= 0.3 is 0 Å². The van der Waals surface area contributed by atoms with Crippen molar-refractivity contribution in [3.8, 4) is 33.2 Å². The Morgan fingerprint density at radius 2 is 1.21 bits per heavy atom. The van der Waals surface area contributed by atoms with Crippen LogP contribution in [-0.4, -0.2) is 9.97 Å². The average Bonchev–Trinajstić information content (AvgIpc) is 3.57. The summed E-state index contributed by atoms with van der Waals surface area (Å²) in [5.41, 5.74) is 4.01. The van der Waals surface area contributed by atoms with Gasteiger partial charge in [0, 0.05) is 31.3 Å². The lowest BCUT2D eigenvalue weighted by molar-refractivity contribution is 1.19. The van der Waals surface area contributed by atoms with Crippen molar-refractivity contribution in [1.82, 2.24) is 9.97 Å². The highest BCUT2D eigenvalue weighted by molar-refractivity contribution is 7.23. The van der Waals surface area contributed by atoms with Gasteiger partial charge in [0.25, 0.3) is 0 Å². The van der Waals surface area contributed by atoms with Gasteiger partial charge in [-0.1, -0.05) is 84.9 Å². The van der Waals surface area contributed by atoms with Crippen molar-refractivity contribution in [3.05, 3.63) is 109 Å². The monoisotopic (exact) mass is 470 g/mol. The van der Waals surface area contributed by atoms with E-state index in [0.717, 1.165) is 33.2 Å². The second-order valence-corrected chi connectivity index (χ2v) is 10.3. The number of fused-ring (bicyclic) bond motifs is 5. The zero-order chi connectivity index (χ0) is 22.5. The first-order valence-corrected chi connectivity index (χ1v) is 12.9. The molecule has 34 heavy (non-hydrogen) atoms. The molecule has 0 N–H and O–H groups in total. The number of aromatic nitrogens is 2. The molecule has 0 aliphatic heterocycles. The number of nitrogens with zero attached hydrogens (tertiary/aromatic N) is 2. The van der Waals surface area contributed by atoms with E-state index in [-0.39, 0.29) is 0 Å². The van der Waals surface area contributed by atoms with Crippen LogP contribution in [-0.2, 0) is 0 Å². The molecule has 0 aliphatic carbocycles. The highest BCUT2D eigenvalue weighted by Crippen LogP contribution is 2.41. The van der Waals surface area contributed by atoms with E-state index >= 15 is 0 Å². The van der Waals surface area contributed by atoms with Crippen molar-refractivity contribution in [2.24, 2.45) is 0 Å². The Morgan fingerprint density at radius 3 is 2.00 bits per heavy atom. The van der Waals surface area contributed by atoms with Crippen LogP contribution in [0.2, 0.25) is 0 Å². The third kappa shape index (κ3) is 3.23. The molecule has 0 fully saturated rings. The van der Waals surface area contributed by atoms with E-state index in [0.29, 0.717) is 0 Å². The molecule has 4 heteroatoms. The van der Waals surface area contributed by atoms with Gasteiger partial charge in [0.1, 0.15) is 0 Å². The lowest BCUT2D eigenvalue weighted by Crippen LogP contribution is -1.94. The molecular weight excluding hydrogens is 452 g/mol. The standard InChI is InChI=1S/C30H18N2S2/c1-3-7-19(8-4-1)25-18-26(32-30(31-25)21-9-5-2-6-10-21)27-17-22-12-14-23-24(29(22)34-27)13-11-20-15-16-33-28(20)23/h1-18H. The maximum absolute atomic E-state index is 5.02. The zero-order valence-electron chi connectivity index (χ0n) is 18.1. The van der Waals surface area contributed by atoms with E-state index in [1.807, 2.05) is 46.9 Å². The van der Waals surface area contributed by atoms with Crippen LogP contribution in [0.25, 0.3) is 64.2 Å². The lowest BCUT2D eigenvalue weighted by atomic mass is 10.1. The Balaban J connectivity index is 1.46. The molecule has 0 spiro atoms. The molecule has 0 aliphatic rings. The van der Waals surface area contributed by atoms with E-state index in [2.05, 4.69) is 84.2 Å². The molecule has 160 valence electrons. The van der Waals surface area contributed by atoms with Crippen LogP contribution in [0.5, 0.6) is 0 Å². The van der Waals surface area contributed by atoms with E-state index < -0.39 is 0 Å². The Labute approximate surface area is 204 Å². The van der Waals surface area contributed by atoms with Crippen molar-refractivity contribution in [1.29, 1.82) is 0 Å². The minimum atomic E-state index is 0.750. The summed E-state index contributed by atoms with van der Waals surface area (Å²) in [4.78, 5) is 11.1. The van der Waals surface area contributed by atoms with Crippen molar-refractivity contribution in [2.75, 3.05) is 0 Å². The topological polar surface area (TPSA) is 25.8 Å². The van der Waals surface area contributed by atoms with Gasteiger partial charge in [-0.3, -0.25) is 0 Å². The largest absolute Gasteiger partial charge is 0.228 e. The summed E-state index contributed by atoms with van der Waals surface area (Å²) in [5, 5.41) is 7.37. The zero-order valence-corrected chi connectivity index (χ0v) is 19.7. The molecule has 2 nitrogen and oxygen atoms in total. The van der Waals surface area contributed by atoms with E-state index in [9.17, 15) is 0 Å². The predicted molar refractivity (Wildman–Crippen MR) is 147 cm³/mol. The number of thiophene rings is 2. The molecule has 0 bridgehead atoms. The molecule has 0 saturated heterocycles. The molecule has 7 rings (SSSR count). The Bertz CT molecular complexity index is 1740. The van der Waals surface area contributed by atoms with E-state index in [1.165, 1.54) is 30.9 Å². The van der Waals surface area contributed by atoms with Crippen LogP contribution in [0.4, 0.5) is 0 Å². The summed E-state index contributed by atoms with van der Waals surface area (Å²) >= 11 is 3.62. The maximum atomic E-state index is 5.02. The maximum Gasteiger partial charge on any atom is 0.160 e. The van der Waals surface area contributed by atoms with Gasteiger partial charge in [-0.05, 0) is 34.4 Å². The second kappa shape index (κ2) is 7.87. The van der Waals surface area contributed by atoms with Crippen molar-refractivity contribution in [2.45, 2.75) is 0 Å². The van der Waals surface area contributed by atoms with Gasteiger partial charge in [0.2, 0.25) is 0 Å². The first kappa shape index (κ1) is 19.6. The van der Waals surface area contributed by atoms with E-state index in [1.54, 1.807) is 0 Å². The van der Waals surface area contributed by atoms with Gasteiger partial charge in [-0.2, -0.15) is 0 Å². The van der Waals surface area contributed by atoms with Crippen LogP contribution < -0.4 is 0 Å². The van der Waals surface area contributed by atoms with Gasteiger partial charge in [0.15, 0.2) is 5.82 Å². The minimum absolute atomic E-state index is 0.750. The highest BCUT2D eigenvalue weighted by Gasteiger charge is 2.14. The van der Waals surface area contributed by atoms with Gasteiger partial charge in [0.05, 0.1) is 16.3 Å². The first-order valence-electron chi connectivity index (χ1n) is 11.2.